The molecule has 0 bridgehead atoms. The van der Waals surface area contributed by atoms with E-state index in [4.69, 9.17) is 0 Å². The zero-order chi connectivity index (χ0) is 13.0. The van der Waals surface area contributed by atoms with Gasteiger partial charge in [-0.05, 0) is 58.5 Å². The van der Waals surface area contributed by atoms with Crippen LogP contribution in [0.1, 0.15) is 52.4 Å². The zero-order valence-corrected chi connectivity index (χ0v) is 12.1. The van der Waals surface area contributed by atoms with Gasteiger partial charge in [0, 0.05) is 18.6 Å². The number of hydrogen-bond acceptors (Lipinski definition) is 3. The number of nitrogens with one attached hydrogen (secondary N) is 1. The van der Waals surface area contributed by atoms with Crippen molar-refractivity contribution < 1.29 is 5.11 Å². The van der Waals surface area contributed by atoms with Crippen molar-refractivity contribution in [1.29, 1.82) is 0 Å². The van der Waals surface area contributed by atoms with Crippen molar-refractivity contribution in [3.8, 4) is 0 Å². The molecule has 106 valence electrons. The average molecular weight is 254 g/mol. The normalized spacial score (nSPS) is 34.2. The fourth-order valence-electron chi connectivity index (χ4n) is 3.59. The Bertz CT molecular complexity index is 239. The third-order valence-corrected chi connectivity index (χ3v) is 4.65. The summed E-state index contributed by atoms with van der Waals surface area (Å²) >= 11 is 0. The van der Waals surface area contributed by atoms with E-state index in [2.05, 4.69) is 24.1 Å². The van der Waals surface area contributed by atoms with Crippen molar-refractivity contribution in [1.82, 2.24) is 10.2 Å². The van der Waals surface area contributed by atoms with E-state index in [-0.39, 0.29) is 6.10 Å². The Morgan fingerprint density at radius 3 is 2.56 bits per heavy atom. The number of hydrogen-bond donors (Lipinski definition) is 2. The molecule has 1 saturated carbocycles. The molecule has 3 unspecified atom stereocenters. The van der Waals surface area contributed by atoms with E-state index in [1.54, 1.807) is 0 Å². The summed E-state index contributed by atoms with van der Waals surface area (Å²) in [6, 6.07) is 0.949. The molecule has 1 aliphatic heterocycles. The van der Waals surface area contributed by atoms with Gasteiger partial charge in [0.2, 0.25) is 0 Å². The van der Waals surface area contributed by atoms with E-state index in [9.17, 15) is 5.11 Å². The molecule has 3 nitrogen and oxygen atoms in total. The summed E-state index contributed by atoms with van der Waals surface area (Å²) in [7, 11) is 0. The predicted molar refractivity (Wildman–Crippen MR) is 75.7 cm³/mol. The van der Waals surface area contributed by atoms with Crippen molar-refractivity contribution in [3.63, 3.8) is 0 Å². The summed E-state index contributed by atoms with van der Waals surface area (Å²) < 4.78 is 0. The van der Waals surface area contributed by atoms with Crippen LogP contribution in [-0.4, -0.2) is 47.8 Å². The Balaban J connectivity index is 1.93. The Morgan fingerprint density at radius 2 is 1.94 bits per heavy atom. The second-order valence-electron chi connectivity index (χ2n) is 6.42. The van der Waals surface area contributed by atoms with Crippen LogP contribution in [0.15, 0.2) is 0 Å². The topological polar surface area (TPSA) is 35.5 Å². The summed E-state index contributed by atoms with van der Waals surface area (Å²) in [5.74, 6) is 0.773. The summed E-state index contributed by atoms with van der Waals surface area (Å²) in [6.07, 6.45) is 7.22. The minimum absolute atomic E-state index is 0.0994. The van der Waals surface area contributed by atoms with E-state index in [0.29, 0.717) is 12.1 Å². The van der Waals surface area contributed by atoms with E-state index in [0.717, 1.165) is 25.4 Å². The molecule has 0 aromatic rings. The first-order chi connectivity index (χ1) is 8.68. The molecule has 2 fully saturated rings. The van der Waals surface area contributed by atoms with Gasteiger partial charge in [-0.1, -0.05) is 12.8 Å². The van der Waals surface area contributed by atoms with Gasteiger partial charge in [0.15, 0.2) is 0 Å². The van der Waals surface area contributed by atoms with Gasteiger partial charge in [0.05, 0.1) is 6.10 Å². The van der Waals surface area contributed by atoms with Gasteiger partial charge >= 0.3 is 0 Å². The molecule has 2 N–H and O–H groups in total. The lowest BCUT2D eigenvalue weighted by Gasteiger charge is -2.42. The Morgan fingerprint density at radius 1 is 1.17 bits per heavy atom. The van der Waals surface area contributed by atoms with Crippen molar-refractivity contribution in [3.05, 3.63) is 0 Å². The molecule has 3 atom stereocenters. The molecule has 2 aliphatic rings. The molecular formula is C15H30N2O. The van der Waals surface area contributed by atoms with Crippen LogP contribution in [0.25, 0.3) is 0 Å². The lowest BCUT2D eigenvalue weighted by Crippen LogP contribution is -2.51. The fourth-order valence-corrected chi connectivity index (χ4v) is 3.59. The van der Waals surface area contributed by atoms with Crippen molar-refractivity contribution in [2.45, 2.75) is 70.6 Å². The number of piperidine rings is 1. The third kappa shape index (κ3) is 3.69. The van der Waals surface area contributed by atoms with E-state index >= 15 is 0 Å². The van der Waals surface area contributed by atoms with Crippen LogP contribution in [-0.2, 0) is 0 Å². The monoisotopic (exact) mass is 254 g/mol. The molecular weight excluding hydrogens is 224 g/mol. The maximum absolute atomic E-state index is 10.3. The number of aliphatic hydroxyl groups is 1. The quantitative estimate of drug-likeness (QED) is 0.805. The molecule has 1 aliphatic carbocycles. The van der Waals surface area contributed by atoms with Crippen LogP contribution < -0.4 is 5.32 Å². The van der Waals surface area contributed by atoms with Crippen molar-refractivity contribution in [2.24, 2.45) is 5.92 Å². The van der Waals surface area contributed by atoms with Gasteiger partial charge < -0.3 is 10.4 Å². The molecule has 0 aromatic carbocycles. The van der Waals surface area contributed by atoms with Gasteiger partial charge in [0.25, 0.3) is 0 Å². The van der Waals surface area contributed by atoms with E-state index in [1.165, 1.54) is 38.6 Å². The Hall–Kier alpha value is -0.120. The lowest BCUT2D eigenvalue weighted by atomic mass is 9.89. The largest absolute Gasteiger partial charge is 0.391 e. The van der Waals surface area contributed by atoms with Crippen LogP contribution in [0.4, 0.5) is 0 Å². The minimum Gasteiger partial charge on any atom is -0.391 e. The van der Waals surface area contributed by atoms with E-state index < -0.39 is 0 Å². The number of aliphatic hydroxyl groups excluding tert-OH is 1. The van der Waals surface area contributed by atoms with Gasteiger partial charge in [-0.2, -0.15) is 0 Å². The second kappa shape index (κ2) is 6.88. The lowest BCUT2D eigenvalue weighted by molar-refractivity contribution is -0.00444. The second-order valence-corrected chi connectivity index (χ2v) is 6.42. The molecule has 2 rings (SSSR count). The molecule has 3 heteroatoms. The summed E-state index contributed by atoms with van der Waals surface area (Å²) in [5.41, 5.74) is 0. The predicted octanol–water partition coefficient (Wildman–Crippen LogP) is 2.00. The maximum atomic E-state index is 10.3. The molecule has 0 amide bonds. The van der Waals surface area contributed by atoms with Gasteiger partial charge in [-0.15, -0.1) is 0 Å². The van der Waals surface area contributed by atoms with E-state index in [1.807, 2.05) is 0 Å². The SMILES string of the molecule is CC(C)N(CC1CCCNC1)C1CCCCC1O. The summed E-state index contributed by atoms with van der Waals surface area (Å²) in [5, 5.41) is 13.8. The highest BCUT2D eigenvalue weighted by atomic mass is 16.3. The van der Waals surface area contributed by atoms with Gasteiger partial charge in [-0.25, -0.2) is 0 Å². The standard InChI is InChI=1S/C15H30N2O/c1-12(2)17(11-13-6-5-9-16-10-13)14-7-3-4-8-15(14)18/h12-16,18H,3-11H2,1-2H3. The fraction of sp³-hybridized carbons (Fsp3) is 1.00. The molecule has 0 aromatic heterocycles. The van der Waals surface area contributed by atoms with Crippen LogP contribution in [0.3, 0.4) is 0 Å². The number of rotatable bonds is 4. The Labute approximate surface area is 112 Å². The first kappa shape index (κ1) is 14.3. The van der Waals surface area contributed by atoms with Crippen LogP contribution in [0.5, 0.6) is 0 Å². The number of nitrogens with zero attached hydrogens (tertiary/aromatic N) is 1. The first-order valence-corrected chi connectivity index (χ1v) is 7.83. The van der Waals surface area contributed by atoms with Crippen molar-refractivity contribution >= 4 is 0 Å². The van der Waals surface area contributed by atoms with Gasteiger partial charge in [0.1, 0.15) is 0 Å². The Kier molecular flexibility index (Phi) is 5.46. The smallest absolute Gasteiger partial charge is 0.0695 e. The van der Waals surface area contributed by atoms with Crippen LogP contribution >= 0.6 is 0 Å². The third-order valence-electron chi connectivity index (χ3n) is 4.65. The van der Waals surface area contributed by atoms with Crippen molar-refractivity contribution in [2.75, 3.05) is 19.6 Å². The first-order valence-electron chi connectivity index (χ1n) is 7.83. The minimum atomic E-state index is -0.0994. The molecule has 0 spiro atoms. The van der Waals surface area contributed by atoms with Gasteiger partial charge in [-0.3, -0.25) is 4.90 Å². The molecule has 1 saturated heterocycles. The molecule has 0 radical (unpaired) electrons. The summed E-state index contributed by atoms with van der Waals surface area (Å²) in [4.78, 5) is 2.57. The highest BCUT2D eigenvalue weighted by Crippen LogP contribution is 2.26. The highest BCUT2D eigenvalue weighted by Gasteiger charge is 2.31. The molecule has 1 heterocycles. The van der Waals surface area contributed by atoms with Crippen LogP contribution in [0.2, 0.25) is 0 Å². The maximum Gasteiger partial charge on any atom is 0.0695 e. The summed E-state index contributed by atoms with van der Waals surface area (Å²) in [6.45, 7) is 8.05. The van der Waals surface area contributed by atoms with Crippen LogP contribution in [0, 0.1) is 5.92 Å². The zero-order valence-electron chi connectivity index (χ0n) is 12.1. The molecule has 18 heavy (non-hydrogen) atoms. The average Bonchev–Trinajstić information content (AvgIpc) is 2.38. The highest BCUT2D eigenvalue weighted by molar-refractivity contribution is 4.86.